The lowest BCUT2D eigenvalue weighted by molar-refractivity contribution is -0.141. The summed E-state index contributed by atoms with van der Waals surface area (Å²) in [5.41, 5.74) is 3.90. The molecule has 0 saturated carbocycles. The van der Waals surface area contributed by atoms with Gasteiger partial charge in [-0.25, -0.2) is 0 Å². The van der Waals surface area contributed by atoms with Gasteiger partial charge in [0, 0.05) is 12.2 Å². The van der Waals surface area contributed by atoms with Crippen LogP contribution >= 0.6 is 0 Å². The Labute approximate surface area is 154 Å². The molecule has 0 heterocycles. The number of aryl methyl sites for hydroxylation is 2. The SMILES string of the molecule is CCc1cccc(CC)c1NC(=O)CC(NCc1ccccc1)C(=O)O. The van der Waals surface area contributed by atoms with E-state index in [-0.39, 0.29) is 12.3 Å². The fourth-order valence-corrected chi connectivity index (χ4v) is 2.86. The Morgan fingerprint density at radius 2 is 1.58 bits per heavy atom. The first-order valence-electron chi connectivity index (χ1n) is 8.95. The molecule has 3 N–H and O–H groups in total. The van der Waals surface area contributed by atoms with Gasteiger partial charge in [-0.2, -0.15) is 0 Å². The normalized spacial score (nSPS) is 11.8. The third-order valence-electron chi connectivity index (χ3n) is 4.35. The molecular formula is C21H26N2O3. The Kier molecular flexibility index (Phi) is 7.36. The minimum absolute atomic E-state index is 0.122. The number of hydrogen-bond donors (Lipinski definition) is 3. The second-order valence-electron chi connectivity index (χ2n) is 6.17. The highest BCUT2D eigenvalue weighted by Gasteiger charge is 2.21. The largest absolute Gasteiger partial charge is 0.480 e. The monoisotopic (exact) mass is 354 g/mol. The number of carboxylic acid groups (broad SMARTS) is 1. The summed E-state index contributed by atoms with van der Waals surface area (Å²) in [5.74, 6) is -1.33. The van der Waals surface area contributed by atoms with Crippen molar-refractivity contribution in [3.05, 3.63) is 65.2 Å². The minimum atomic E-state index is -1.03. The highest BCUT2D eigenvalue weighted by Crippen LogP contribution is 2.22. The van der Waals surface area contributed by atoms with Crippen molar-refractivity contribution in [3.8, 4) is 0 Å². The number of carbonyl (C=O) groups is 2. The standard InChI is InChI=1S/C21H26N2O3/c1-3-16-11-8-12-17(4-2)20(16)23-19(24)13-18(21(25)26)22-14-15-9-6-5-7-10-15/h5-12,18,22H,3-4,13-14H2,1-2H3,(H,23,24)(H,25,26). The molecule has 0 bridgehead atoms. The van der Waals surface area contributed by atoms with Crippen LogP contribution in [0.1, 0.15) is 37.0 Å². The lowest BCUT2D eigenvalue weighted by Crippen LogP contribution is -2.39. The summed E-state index contributed by atoms with van der Waals surface area (Å²) in [5, 5.41) is 15.3. The molecule has 0 spiro atoms. The lowest BCUT2D eigenvalue weighted by atomic mass is 10.0. The Hall–Kier alpha value is -2.66. The van der Waals surface area contributed by atoms with E-state index in [1.165, 1.54) is 0 Å². The van der Waals surface area contributed by atoms with Crippen molar-refractivity contribution in [2.45, 2.75) is 45.7 Å². The van der Waals surface area contributed by atoms with Crippen LogP contribution in [0.3, 0.4) is 0 Å². The molecule has 2 aromatic carbocycles. The number of para-hydroxylation sites is 1. The van der Waals surface area contributed by atoms with Gasteiger partial charge < -0.3 is 10.4 Å². The first-order chi connectivity index (χ1) is 12.5. The second kappa shape index (κ2) is 9.73. The first kappa shape index (κ1) is 19.7. The number of hydrogen-bond acceptors (Lipinski definition) is 3. The lowest BCUT2D eigenvalue weighted by Gasteiger charge is -2.17. The maximum atomic E-state index is 12.5. The number of anilines is 1. The fraction of sp³-hybridized carbons (Fsp3) is 0.333. The maximum Gasteiger partial charge on any atom is 0.321 e. The molecule has 0 aliphatic rings. The van der Waals surface area contributed by atoms with Crippen LogP contribution in [0.2, 0.25) is 0 Å². The third kappa shape index (κ3) is 5.43. The Bertz CT molecular complexity index is 722. The van der Waals surface area contributed by atoms with Gasteiger partial charge in [0.25, 0.3) is 0 Å². The van der Waals surface area contributed by atoms with Gasteiger partial charge in [-0.05, 0) is 29.5 Å². The van der Waals surface area contributed by atoms with Gasteiger partial charge in [0.1, 0.15) is 6.04 Å². The molecule has 0 aromatic heterocycles. The van der Waals surface area contributed by atoms with E-state index in [9.17, 15) is 14.7 Å². The van der Waals surface area contributed by atoms with Gasteiger partial charge >= 0.3 is 5.97 Å². The predicted molar refractivity (Wildman–Crippen MR) is 103 cm³/mol. The number of benzene rings is 2. The van der Waals surface area contributed by atoms with E-state index in [0.29, 0.717) is 6.54 Å². The minimum Gasteiger partial charge on any atom is -0.480 e. The first-order valence-corrected chi connectivity index (χ1v) is 8.95. The molecular weight excluding hydrogens is 328 g/mol. The quantitative estimate of drug-likeness (QED) is 0.645. The summed E-state index contributed by atoms with van der Waals surface area (Å²) in [6.45, 7) is 4.47. The predicted octanol–water partition coefficient (Wildman–Crippen LogP) is 3.38. The van der Waals surface area contributed by atoms with E-state index < -0.39 is 12.0 Å². The van der Waals surface area contributed by atoms with E-state index in [2.05, 4.69) is 10.6 Å². The number of carbonyl (C=O) groups excluding carboxylic acids is 1. The highest BCUT2D eigenvalue weighted by atomic mass is 16.4. The summed E-state index contributed by atoms with van der Waals surface area (Å²) in [6.07, 6.45) is 1.49. The molecule has 2 rings (SSSR count). The molecule has 1 unspecified atom stereocenters. The van der Waals surface area contributed by atoms with Gasteiger partial charge in [-0.1, -0.05) is 62.4 Å². The van der Waals surface area contributed by atoms with Crippen LogP contribution in [0.15, 0.2) is 48.5 Å². The Balaban J connectivity index is 2.03. The molecule has 26 heavy (non-hydrogen) atoms. The smallest absolute Gasteiger partial charge is 0.321 e. The van der Waals surface area contributed by atoms with Crippen molar-refractivity contribution < 1.29 is 14.7 Å². The van der Waals surface area contributed by atoms with Crippen LogP contribution in [0.5, 0.6) is 0 Å². The Morgan fingerprint density at radius 3 is 2.12 bits per heavy atom. The molecule has 1 atom stereocenters. The van der Waals surface area contributed by atoms with Gasteiger partial charge in [-0.3, -0.25) is 14.9 Å². The average Bonchev–Trinajstić information content (AvgIpc) is 2.65. The van der Waals surface area contributed by atoms with E-state index in [1.54, 1.807) is 0 Å². The molecule has 5 heteroatoms. The van der Waals surface area contributed by atoms with Crippen molar-refractivity contribution in [1.82, 2.24) is 5.32 Å². The molecule has 5 nitrogen and oxygen atoms in total. The van der Waals surface area contributed by atoms with Crippen molar-refractivity contribution in [3.63, 3.8) is 0 Å². The summed E-state index contributed by atoms with van der Waals surface area (Å²) < 4.78 is 0. The zero-order valence-corrected chi connectivity index (χ0v) is 15.3. The van der Waals surface area contributed by atoms with E-state index >= 15 is 0 Å². The number of amides is 1. The van der Waals surface area contributed by atoms with Gasteiger partial charge in [0.2, 0.25) is 5.91 Å². The maximum absolute atomic E-state index is 12.5. The van der Waals surface area contributed by atoms with Gasteiger partial charge in [-0.15, -0.1) is 0 Å². The highest BCUT2D eigenvalue weighted by molar-refractivity contribution is 5.95. The molecule has 0 aliphatic carbocycles. The van der Waals surface area contributed by atoms with Crippen LogP contribution in [0.4, 0.5) is 5.69 Å². The number of nitrogens with one attached hydrogen (secondary N) is 2. The Morgan fingerprint density at radius 1 is 0.962 bits per heavy atom. The van der Waals surface area contributed by atoms with Crippen LogP contribution in [-0.4, -0.2) is 23.0 Å². The third-order valence-corrected chi connectivity index (χ3v) is 4.35. The molecule has 0 radical (unpaired) electrons. The molecule has 0 saturated heterocycles. The van der Waals surface area contributed by atoms with E-state index in [0.717, 1.165) is 35.2 Å². The summed E-state index contributed by atoms with van der Waals surface area (Å²) in [4.78, 5) is 24.0. The van der Waals surface area contributed by atoms with Crippen LogP contribution in [-0.2, 0) is 29.0 Å². The molecule has 2 aromatic rings. The fourth-order valence-electron chi connectivity index (χ4n) is 2.86. The van der Waals surface area contributed by atoms with Gasteiger partial charge in [0.05, 0.1) is 6.42 Å². The van der Waals surface area contributed by atoms with Crippen molar-refractivity contribution in [1.29, 1.82) is 0 Å². The summed E-state index contributed by atoms with van der Waals surface area (Å²) >= 11 is 0. The van der Waals surface area contributed by atoms with Gasteiger partial charge in [0.15, 0.2) is 0 Å². The second-order valence-corrected chi connectivity index (χ2v) is 6.17. The number of rotatable bonds is 9. The molecule has 138 valence electrons. The van der Waals surface area contributed by atoms with Crippen LogP contribution in [0, 0.1) is 0 Å². The van der Waals surface area contributed by atoms with E-state index in [4.69, 9.17) is 0 Å². The van der Waals surface area contributed by atoms with Crippen molar-refractivity contribution in [2.75, 3.05) is 5.32 Å². The zero-order chi connectivity index (χ0) is 18.9. The van der Waals surface area contributed by atoms with Crippen molar-refractivity contribution >= 4 is 17.6 Å². The van der Waals surface area contributed by atoms with E-state index in [1.807, 2.05) is 62.4 Å². The molecule has 0 fully saturated rings. The summed E-state index contributed by atoms with van der Waals surface area (Å²) in [6, 6.07) is 14.5. The number of carboxylic acids is 1. The average molecular weight is 354 g/mol. The molecule has 1 amide bonds. The topological polar surface area (TPSA) is 78.4 Å². The van der Waals surface area contributed by atoms with Crippen LogP contribution < -0.4 is 10.6 Å². The van der Waals surface area contributed by atoms with Crippen LogP contribution in [0.25, 0.3) is 0 Å². The summed E-state index contributed by atoms with van der Waals surface area (Å²) in [7, 11) is 0. The zero-order valence-electron chi connectivity index (χ0n) is 15.3. The molecule has 0 aliphatic heterocycles. The number of aliphatic carboxylic acids is 1. The van der Waals surface area contributed by atoms with Crippen molar-refractivity contribution in [2.24, 2.45) is 0 Å².